The van der Waals surface area contributed by atoms with Crippen LogP contribution in [0.15, 0.2) is 60.7 Å². The average Bonchev–Trinajstić information content (AvgIpc) is 2.76. The van der Waals surface area contributed by atoms with Gasteiger partial charge >= 0.3 is 11.9 Å². The molecular weight excluding hydrogens is 408 g/mol. The molecule has 7 nitrogen and oxygen atoms in total. The number of carboxylic acid groups (broad SMARTS) is 2. The van der Waals surface area contributed by atoms with Crippen LogP contribution in [-0.2, 0) is 27.2 Å². The summed E-state index contributed by atoms with van der Waals surface area (Å²) in [5.41, 5.74) is 1.86. The van der Waals surface area contributed by atoms with E-state index in [9.17, 15) is 24.6 Å². The largest absolute Gasteiger partial charge is 0.480 e. The van der Waals surface area contributed by atoms with Gasteiger partial charge in [-0.15, -0.1) is 0 Å². The van der Waals surface area contributed by atoms with E-state index >= 15 is 0 Å². The monoisotopic (exact) mass is 440 g/mol. The van der Waals surface area contributed by atoms with Crippen LogP contribution in [0.2, 0.25) is 0 Å². The van der Waals surface area contributed by atoms with Crippen LogP contribution in [0.25, 0.3) is 0 Å². The van der Waals surface area contributed by atoms with Crippen LogP contribution in [0.3, 0.4) is 0 Å². The van der Waals surface area contributed by atoms with Crippen LogP contribution in [0.1, 0.15) is 37.8 Å². The molecule has 2 rings (SSSR count). The molecule has 0 aliphatic carbocycles. The molecule has 4 N–H and O–H groups in total. The number of hydrogen-bond donors (Lipinski definition) is 4. The number of rotatable bonds is 13. The zero-order valence-corrected chi connectivity index (χ0v) is 18.5. The fourth-order valence-electron chi connectivity index (χ4n) is 3.52. The van der Waals surface area contributed by atoms with E-state index in [0.717, 1.165) is 11.1 Å². The highest BCUT2D eigenvalue weighted by molar-refractivity contribution is 5.87. The molecule has 0 aromatic heterocycles. The molecule has 0 bridgehead atoms. The minimum atomic E-state index is -1.11. The lowest BCUT2D eigenvalue weighted by atomic mass is 10.00. The Morgan fingerprint density at radius 1 is 0.781 bits per heavy atom. The number of carbonyl (C=O) groups excluding carboxylic acids is 1. The maximum atomic E-state index is 13.0. The van der Waals surface area contributed by atoms with Gasteiger partial charge in [-0.3, -0.25) is 14.9 Å². The van der Waals surface area contributed by atoms with Gasteiger partial charge in [0, 0.05) is 0 Å². The van der Waals surface area contributed by atoms with Crippen molar-refractivity contribution in [2.45, 2.75) is 57.7 Å². The van der Waals surface area contributed by atoms with E-state index in [-0.39, 0.29) is 18.8 Å². The molecule has 1 unspecified atom stereocenters. The molecule has 0 radical (unpaired) electrons. The number of aryl methyl sites for hydroxylation is 1. The number of hydrogen-bond acceptors (Lipinski definition) is 4. The molecule has 0 heterocycles. The van der Waals surface area contributed by atoms with Crippen LogP contribution in [-0.4, -0.2) is 46.2 Å². The van der Waals surface area contributed by atoms with Gasteiger partial charge in [-0.2, -0.15) is 0 Å². The molecule has 0 saturated carbocycles. The smallest absolute Gasteiger partial charge is 0.326 e. The maximum absolute atomic E-state index is 13.0. The molecule has 0 spiro atoms. The quantitative estimate of drug-likeness (QED) is 0.381. The zero-order chi connectivity index (χ0) is 23.5. The molecule has 2 aromatic carbocycles. The third-order valence-corrected chi connectivity index (χ3v) is 5.19. The van der Waals surface area contributed by atoms with Gasteiger partial charge < -0.3 is 15.5 Å². The Morgan fingerprint density at radius 2 is 1.31 bits per heavy atom. The van der Waals surface area contributed by atoms with Crippen LogP contribution >= 0.6 is 0 Å². The highest BCUT2D eigenvalue weighted by Crippen LogP contribution is 2.11. The van der Waals surface area contributed by atoms with Gasteiger partial charge in [-0.05, 0) is 42.7 Å². The van der Waals surface area contributed by atoms with Crippen molar-refractivity contribution in [3.8, 4) is 0 Å². The van der Waals surface area contributed by atoms with E-state index in [1.807, 2.05) is 74.5 Å². The first-order chi connectivity index (χ1) is 15.3. The van der Waals surface area contributed by atoms with Crippen LogP contribution < -0.4 is 10.6 Å². The lowest BCUT2D eigenvalue weighted by molar-refractivity contribution is -0.143. The number of carboxylic acids is 2. The lowest BCUT2D eigenvalue weighted by Crippen LogP contribution is -2.55. The van der Waals surface area contributed by atoms with E-state index in [4.69, 9.17) is 0 Å². The van der Waals surface area contributed by atoms with Gasteiger partial charge in [-0.25, -0.2) is 4.79 Å². The van der Waals surface area contributed by atoms with E-state index in [1.165, 1.54) is 0 Å². The summed E-state index contributed by atoms with van der Waals surface area (Å²) in [6.45, 7) is 3.76. The molecular formula is C25H32N2O5. The van der Waals surface area contributed by atoms with Crippen LogP contribution in [0.5, 0.6) is 0 Å². The number of benzene rings is 2. The van der Waals surface area contributed by atoms with E-state index in [1.54, 1.807) is 0 Å². The highest BCUT2D eigenvalue weighted by Gasteiger charge is 2.29. The summed E-state index contributed by atoms with van der Waals surface area (Å²) in [6.07, 6.45) is 1.37. The first-order valence-corrected chi connectivity index (χ1v) is 10.9. The first-order valence-electron chi connectivity index (χ1n) is 10.9. The van der Waals surface area contributed by atoms with Crippen LogP contribution in [0.4, 0.5) is 0 Å². The summed E-state index contributed by atoms with van der Waals surface area (Å²) in [7, 11) is 0. The van der Waals surface area contributed by atoms with Gasteiger partial charge in [0.2, 0.25) is 5.91 Å². The molecule has 7 heteroatoms. The molecule has 0 saturated heterocycles. The lowest BCUT2D eigenvalue weighted by Gasteiger charge is -2.25. The highest BCUT2D eigenvalue weighted by atomic mass is 16.4. The normalized spacial score (nSPS) is 13.8. The SMILES string of the molecule is CC(C)C[C@H](NC(=O)[C@H](Cc1ccccc1)NC(CCc1ccccc1)C(=O)O)C(=O)O. The number of carbonyl (C=O) groups is 3. The summed E-state index contributed by atoms with van der Waals surface area (Å²) in [5, 5.41) is 24.8. The molecule has 0 aliphatic heterocycles. The van der Waals surface area contributed by atoms with Gasteiger partial charge in [0.25, 0.3) is 0 Å². The Kier molecular flexibility index (Phi) is 9.88. The standard InChI is InChI=1S/C25H32N2O5/c1-17(2)15-22(25(31)32)27-23(28)21(16-19-11-7-4-8-12-19)26-20(24(29)30)14-13-18-9-5-3-6-10-18/h3-12,17,20-22,26H,13-16H2,1-2H3,(H,27,28)(H,29,30)(H,31,32)/t20?,21-,22-/m0/s1. The van der Waals surface area contributed by atoms with Crippen molar-refractivity contribution in [1.29, 1.82) is 0 Å². The van der Waals surface area contributed by atoms with Crippen molar-refractivity contribution in [3.63, 3.8) is 0 Å². The number of aliphatic carboxylic acids is 2. The Balaban J connectivity index is 2.17. The first kappa shape index (κ1) is 25.1. The van der Waals surface area contributed by atoms with Crippen molar-refractivity contribution in [1.82, 2.24) is 10.6 Å². The van der Waals surface area contributed by atoms with Crippen molar-refractivity contribution in [3.05, 3.63) is 71.8 Å². The molecule has 172 valence electrons. The van der Waals surface area contributed by atoms with E-state index in [2.05, 4.69) is 10.6 Å². The predicted octanol–water partition coefficient (Wildman–Crippen LogP) is 2.89. The van der Waals surface area contributed by atoms with Gasteiger partial charge in [0.05, 0.1) is 6.04 Å². The topological polar surface area (TPSA) is 116 Å². The average molecular weight is 441 g/mol. The van der Waals surface area contributed by atoms with Gasteiger partial charge in [0.1, 0.15) is 12.1 Å². The Bertz CT molecular complexity index is 870. The number of amides is 1. The molecule has 0 fully saturated rings. The molecule has 32 heavy (non-hydrogen) atoms. The summed E-state index contributed by atoms with van der Waals surface area (Å²) in [5.74, 6) is -2.60. The molecule has 2 aromatic rings. The Morgan fingerprint density at radius 3 is 1.81 bits per heavy atom. The van der Waals surface area contributed by atoms with Gasteiger partial charge in [-0.1, -0.05) is 74.5 Å². The Hall–Kier alpha value is -3.19. The van der Waals surface area contributed by atoms with Crippen molar-refractivity contribution < 1.29 is 24.6 Å². The predicted molar refractivity (Wildman–Crippen MR) is 122 cm³/mol. The fraction of sp³-hybridized carbons (Fsp3) is 0.400. The molecule has 1 amide bonds. The minimum absolute atomic E-state index is 0.0783. The second-order valence-electron chi connectivity index (χ2n) is 8.35. The zero-order valence-electron chi connectivity index (χ0n) is 18.5. The molecule has 0 aliphatic rings. The summed E-state index contributed by atoms with van der Waals surface area (Å²) in [4.78, 5) is 36.6. The van der Waals surface area contributed by atoms with E-state index < -0.39 is 36.0 Å². The van der Waals surface area contributed by atoms with Crippen molar-refractivity contribution >= 4 is 17.8 Å². The summed E-state index contributed by atoms with van der Waals surface area (Å²) in [6, 6.07) is 15.9. The maximum Gasteiger partial charge on any atom is 0.326 e. The van der Waals surface area contributed by atoms with Gasteiger partial charge in [0.15, 0.2) is 0 Å². The fourth-order valence-corrected chi connectivity index (χ4v) is 3.52. The third-order valence-electron chi connectivity index (χ3n) is 5.19. The molecule has 3 atom stereocenters. The van der Waals surface area contributed by atoms with Crippen LogP contribution in [0, 0.1) is 5.92 Å². The summed E-state index contributed by atoms with van der Waals surface area (Å²) >= 11 is 0. The number of nitrogens with one attached hydrogen (secondary N) is 2. The second-order valence-corrected chi connectivity index (χ2v) is 8.35. The van der Waals surface area contributed by atoms with E-state index in [0.29, 0.717) is 12.8 Å². The second kappa shape index (κ2) is 12.6. The Labute approximate surface area is 188 Å². The van der Waals surface area contributed by atoms with Crippen molar-refractivity contribution in [2.75, 3.05) is 0 Å². The minimum Gasteiger partial charge on any atom is -0.480 e. The summed E-state index contributed by atoms with van der Waals surface area (Å²) < 4.78 is 0. The van der Waals surface area contributed by atoms with Crippen molar-refractivity contribution in [2.24, 2.45) is 5.92 Å². The third kappa shape index (κ3) is 8.51.